The number of rotatable bonds is 3. The summed E-state index contributed by atoms with van der Waals surface area (Å²) in [5.41, 5.74) is 0.912. The van der Waals surface area contributed by atoms with Gasteiger partial charge in [-0.15, -0.1) is 0 Å². The molecule has 14 heavy (non-hydrogen) atoms. The van der Waals surface area contributed by atoms with Crippen LogP contribution in [0, 0.1) is 11.6 Å². The quantitative estimate of drug-likeness (QED) is 0.728. The lowest BCUT2D eigenvalue weighted by Crippen LogP contribution is -1.98. The number of hydrogen-bond donors (Lipinski definition) is 1. The van der Waals surface area contributed by atoms with Crippen molar-refractivity contribution in [1.29, 1.82) is 0 Å². The number of nitrogens with one attached hydrogen (secondary N) is 1. The minimum atomic E-state index is -0.619. The van der Waals surface area contributed by atoms with Gasteiger partial charge in [-0.25, -0.2) is 8.78 Å². The van der Waals surface area contributed by atoms with Crippen molar-refractivity contribution in [1.82, 2.24) is 0 Å². The maximum absolute atomic E-state index is 13.1. The third-order valence-electron chi connectivity index (χ3n) is 1.74. The van der Waals surface area contributed by atoms with Gasteiger partial charge >= 0.3 is 0 Å². The molecule has 0 unspecified atom stereocenters. The number of benzene rings is 1. The van der Waals surface area contributed by atoms with Crippen LogP contribution in [-0.2, 0) is 0 Å². The van der Waals surface area contributed by atoms with Crippen LogP contribution in [0.4, 0.5) is 14.5 Å². The van der Waals surface area contributed by atoms with Gasteiger partial charge in [0.05, 0.1) is 5.69 Å². The maximum Gasteiger partial charge on any atom is 0.149 e. The van der Waals surface area contributed by atoms with Crippen molar-refractivity contribution in [3.63, 3.8) is 0 Å². The van der Waals surface area contributed by atoms with Crippen LogP contribution in [0.3, 0.4) is 0 Å². The average molecular weight is 195 g/mol. The summed E-state index contributed by atoms with van der Waals surface area (Å²) in [6.45, 7) is 5.34. The first-order valence-corrected chi connectivity index (χ1v) is 4.18. The van der Waals surface area contributed by atoms with Gasteiger partial charge in [-0.3, -0.25) is 0 Å². The Morgan fingerprint density at radius 1 is 1.43 bits per heavy atom. The first-order valence-electron chi connectivity index (χ1n) is 4.18. The smallest absolute Gasteiger partial charge is 0.149 e. The predicted molar refractivity (Wildman–Crippen MR) is 53.9 cm³/mol. The molecule has 0 fully saturated rings. The summed E-state index contributed by atoms with van der Waals surface area (Å²) in [7, 11) is 0. The second-order valence-electron chi connectivity index (χ2n) is 2.70. The Morgan fingerprint density at radius 3 is 2.64 bits per heavy atom. The summed E-state index contributed by atoms with van der Waals surface area (Å²) in [6, 6.07) is 3.37. The van der Waals surface area contributed by atoms with Crippen molar-refractivity contribution < 1.29 is 8.78 Å². The summed E-state index contributed by atoms with van der Waals surface area (Å²) < 4.78 is 25.7. The molecule has 3 heteroatoms. The molecule has 0 radical (unpaired) electrons. The lowest BCUT2D eigenvalue weighted by molar-refractivity contribution is 0.586. The van der Waals surface area contributed by atoms with Crippen LogP contribution >= 0.6 is 0 Å². The monoisotopic (exact) mass is 195 g/mol. The van der Waals surface area contributed by atoms with Crippen LogP contribution in [0.5, 0.6) is 0 Å². The topological polar surface area (TPSA) is 12.0 Å². The van der Waals surface area contributed by atoms with E-state index in [-0.39, 0.29) is 5.69 Å². The molecule has 0 saturated carbocycles. The molecular weight excluding hydrogens is 184 g/mol. The van der Waals surface area contributed by atoms with Gasteiger partial charge in [-0.2, -0.15) is 0 Å². The molecule has 0 spiro atoms. The van der Waals surface area contributed by atoms with E-state index in [1.807, 2.05) is 0 Å². The highest BCUT2D eigenvalue weighted by Gasteiger charge is 2.02. The van der Waals surface area contributed by atoms with E-state index in [4.69, 9.17) is 0 Å². The summed E-state index contributed by atoms with van der Waals surface area (Å²) in [4.78, 5) is 0. The van der Waals surface area contributed by atoms with Gasteiger partial charge in [0.1, 0.15) is 11.6 Å². The van der Waals surface area contributed by atoms with Crippen LogP contribution < -0.4 is 5.32 Å². The highest BCUT2D eigenvalue weighted by atomic mass is 19.1. The van der Waals surface area contributed by atoms with Crippen molar-refractivity contribution >= 4 is 5.69 Å². The van der Waals surface area contributed by atoms with Gasteiger partial charge in [0.15, 0.2) is 0 Å². The Morgan fingerprint density at radius 2 is 2.14 bits per heavy atom. The second-order valence-corrected chi connectivity index (χ2v) is 2.70. The van der Waals surface area contributed by atoms with E-state index < -0.39 is 11.6 Å². The first-order chi connectivity index (χ1) is 6.67. The number of hydrogen-bond acceptors (Lipinski definition) is 1. The van der Waals surface area contributed by atoms with Crippen molar-refractivity contribution in [3.8, 4) is 0 Å². The predicted octanol–water partition coefficient (Wildman–Crippen LogP) is 3.47. The van der Waals surface area contributed by atoms with Crippen molar-refractivity contribution in [2.24, 2.45) is 0 Å². The molecule has 0 aliphatic rings. The fourth-order valence-corrected chi connectivity index (χ4v) is 0.987. The average Bonchev–Trinajstić information content (AvgIpc) is 2.17. The number of allylic oxidation sites excluding steroid dienone is 2. The summed E-state index contributed by atoms with van der Waals surface area (Å²) in [5, 5.41) is 2.78. The van der Waals surface area contributed by atoms with E-state index in [1.54, 1.807) is 19.1 Å². The molecule has 74 valence electrons. The van der Waals surface area contributed by atoms with E-state index in [2.05, 4.69) is 11.9 Å². The Hall–Kier alpha value is -1.64. The van der Waals surface area contributed by atoms with Crippen LogP contribution in [-0.4, -0.2) is 0 Å². The van der Waals surface area contributed by atoms with Crippen molar-refractivity contribution in [2.75, 3.05) is 5.32 Å². The normalized spacial score (nSPS) is 11.2. The van der Waals surface area contributed by atoms with E-state index >= 15 is 0 Å². The molecule has 0 aromatic heterocycles. The van der Waals surface area contributed by atoms with E-state index in [0.717, 1.165) is 6.07 Å². The Bertz CT molecular complexity index is 370. The van der Waals surface area contributed by atoms with E-state index in [9.17, 15) is 8.78 Å². The molecule has 0 aliphatic carbocycles. The van der Waals surface area contributed by atoms with Gasteiger partial charge in [0, 0.05) is 11.8 Å². The van der Waals surface area contributed by atoms with Gasteiger partial charge in [0.25, 0.3) is 0 Å². The lowest BCUT2D eigenvalue weighted by Gasteiger charge is -2.07. The first kappa shape index (κ1) is 10.4. The molecule has 0 heterocycles. The van der Waals surface area contributed by atoms with Crippen LogP contribution in [0.15, 0.2) is 42.6 Å². The maximum atomic E-state index is 13.1. The molecule has 0 atom stereocenters. The summed E-state index contributed by atoms with van der Waals surface area (Å²) >= 11 is 0. The zero-order chi connectivity index (χ0) is 10.6. The second kappa shape index (κ2) is 4.56. The molecule has 1 N–H and O–H groups in total. The highest BCUT2D eigenvalue weighted by Crippen LogP contribution is 2.16. The summed E-state index contributed by atoms with van der Waals surface area (Å²) in [5.74, 6) is -1.21. The standard InChI is InChI=1S/C11H11F2N/c1-3-9(4-2)14-11-6-5-8(12)7-10(11)13/h3-7,14H,1H2,2H3/b9-4-. The van der Waals surface area contributed by atoms with E-state index in [1.165, 1.54) is 12.1 Å². The molecule has 1 aromatic carbocycles. The lowest BCUT2D eigenvalue weighted by atomic mass is 10.2. The minimum absolute atomic E-state index is 0.236. The Labute approximate surface area is 81.8 Å². The zero-order valence-electron chi connectivity index (χ0n) is 7.85. The molecular formula is C11H11F2N. The van der Waals surface area contributed by atoms with E-state index in [0.29, 0.717) is 5.70 Å². The van der Waals surface area contributed by atoms with Crippen LogP contribution in [0.1, 0.15) is 6.92 Å². The summed E-state index contributed by atoms with van der Waals surface area (Å²) in [6.07, 6.45) is 3.30. The molecule has 0 aliphatic heterocycles. The van der Waals surface area contributed by atoms with Gasteiger partial charge in [-0.05, 0) is 25.1 Å². The molecule has 1 rings (SSSR count). The third kappa shape index (κ3) is 2.42. The zero-order valence-corrected chi connectivity index (χ0v) is 7.85. The largest absolute Gasteiger partial charge is 0.353 e. The fourth-order valence-electron chi connectivity index (χ4n) is 0.987. The van der Waals surface area contributed by atoms with Crippen LogP contribution in [0.2, 0.25) is 0 Å². The molecule has 0 amide bonds. The van der Waals surface area contributed by atoms with Gasteiger partial charge in [0.2, 0.25) is 0 Å². The third-order valence-corrected chi connectivity index (χ3v) is 1.74. The number of halogens is 2. The molecule has 1 nitrogen and oxygen atoms in total. The van der Waals surface area contributed by atoms with Gasteiger partial charge < -0.3 is 5.32 Å². The van der Waals surface area contributed by atoms with Crippen molar-refractivity contribution in [3.05, 3.63) is 54.3 Å². The Kier molecular flexibility index (Phi) is 3.40. The fraction of sp³-hybridized carbons (Fsp3) is 0.0909. The molecule has 1 aromatic rings. The molecule has 0 bridgehead atoms. The Balaban J connectivity index is 2.92. The highest BCUT2D eigenvalue weighted by molar-refractivity contribution is 5.51. The van der Waals surface area contributed by atoms with Crippen molar-refractivity contribution in [2.45, 2.75) is 6.92 Å². The number of anilines is 1. The van der Waals surface area contributed by atoms with Crippen LogP contribution in [0.25, 0.3) is 0 Å². The molecule has 0 saturated heterocycles. The van der Waals surface area contributed by atoms with Gasteiger partial charge in [-0.1, -0.05) is 12.7 Å². The SMILES string of the molecule is C=C/C(=C/C)Nc1ccc(F)cc1F. The minimum Gasteiger partial charge on any atom is -0.353 e.